The number of hydrogen-bond acceptors (Lipinski definition) is 2. The number of rotatable bonds is 6. The van der Waals surface area contributed by atoms with Crippen LogP contribution in [0.25, 0.3) is 0 Å². The molecule has 0 aromatic heterocycles. The highest BCUT2D eigenvalue weighted by molar-refractivity contribution is 5.45. The van der Waals surface area contributed by atoms with Gasteiger partial charge in [-0.15, -0.1) is 0 Å². The molecule has 0 radical (unpaired) electrons. The number of aryl methyl sites for hydroxylation is 1. The van der Waals surface area contributed by atoms with Crippen molar-refractivity contribution in [2.75, 3.05) is 7.11 Å². The van der Waals surface area contributed by atoms with Crippen LogP contribution in [0.2, 0.25) is 0 Å². The number of aliphatic hydroxyl groups is 1. The van der Waals surface area contributed by atoms with E-state index in [1.54, 1.807) is 7.11 Å². The second-order valence-corrected chi connectivity index (χ2v) is 7.72. The summed E-state index contributed by atoms with van der Waals surface area (Å²) in [4.78, 5) is 0. The number of unbranched alkanes of at least 4 members (excludes halogenated alkanes) is 1. The van der Waals surface area contributed by atoms with Crippen molar-refractivity contribution in [3.05, 3.63) is 65.2 Å². The van der Waals surface area contributed by atoms with E-state index in [0.717, 1.165) is 31.4 Å². The minimum atomic E-state index is -0.380. The van der Waals surface area contributed by atoms with Gasteiger partial charge in [-0.25, -0.2) is 0 Å². The standard InChI is InChI=1S/C24H32O2/c1-4-6-15-24(5-2)16-14-18-12-13-20(26-3)17-21(18)22(23(24)25)19-10-8-7-9-11-19/h7-13,17,22-23,25H,4-6,14-16H2,1-3H3/t22-,23-,24+/m0/s1. The Bertz CT molecular complexity index is 709. The van der Waals surface area contributed by atoms with Gasteiger partial charge < -0.3 is 9.84 Å². The van der Waals surface area contributed by atoms with Crippen LogP contribution in [0, 0.1) is 5.41 Å². The first-order valence-corrected chi connectivity index (χ1v) is 10.0. The highest BCUT2D eigenvalue weighted by atomic mass is 16.5. The number of aliphatic hydroxyl groups excluding tert-OH is 1. The van der Waals surface area contributed by atoms with Gasteiger partial charge in [0.15, 0.2) is 0 Å². The summed E-state index contributed by atoms with van der Waals surface area (Å²) in [6.45, 7) is 4.48. The third-order valence-electron chi connectivity index (χ3n) is 6.41. The minimum Gasteiger partial charge on any atom is -0.497 e. The summed E-state index contributed by atoms with van der Waals surface area (Å²) in [5.74, 6) is 0.870. The summed E-state index contributed by atoms with van der Waals surface area (Å²) in [6, 6.07) is 16.9. The Morgan fingerprint density at radius 2 is 1.88 bits per heavy atom. The maximum atomic E-state index is 11.7. The van der Waals surface area contributed by atoms with Crippen LogP contribution in [0.4, 0.5) is 0 Å². The first-order valence-electron chi connectivity index (χ1n) is 10.0. The lowest BCUT2D eigenvalue weighted by Crippen LogP contribution is -2.38. The monoisotopic (exact) mass is 352 g/mol. The van der Waals surface area contributed by atoms with Gasteiger partial charge in [0.05, 0.1) is 13.2 Å². The summed E-state index contributed by atoms with van der Waals surface area (Å²) in [5.41, 5.74) is 3.76. The van der Waals surface area contributed by atoms with E-state index in [-0.39, 0.29) is 17.4 Å². The molecule has 2 heteroatoms. The van der Waals surface area contributed by atoms with E-state index < -0.39 is 0 Å². The fourth-order valence-electron chi connectivity index (χ4n) is 4.66. The molecule has 0 saturated heterocycles. The second kappa shape index (κ2) is 8.26. The molecule has 3 rings (SSSR count). The molecule has 0 spiro atoms. The molecule has 0 amide bonds. The molecule has 0 saturated carbocycles. The molecule has 0 unspecified atom stereocenters. The van der Waals surface area contributed by atoms with Crippen LogP contribution >= 0.6 is 0 Å². The average molecular weight is 353 g/mol. The van der Waals surface area contributed by atoms with Gasteiger partial charge in [0.2, 0.25) is 0 Å². The van der Waals surface area contributed by atoms with E-state index in [9.17, 15) is 5.11 Å². The molecule has 0 bridgehead atoms. The van der Waals surface area contributed by atoms with Crippen LogP contribution in [0.3, 0.4) is 0 Å². The zero-order valence-electron chi connectivity index (χ0n) is 16.4. The van der Waals surface area contributed by atoms with Crippen LogP contribution < -0.4 is 4.74 Å². The first kappa shape index (κ1) is 19.0. The van der Waals surface area contributed by atoms with Gasteiger partial charge in [-0.1, -0.05) is 63.1 Å². The van der Waals surface area contributed by atoms with Crippen molar-refractivity contribution in [2.24, 2.45) is 5.41 Å². The third kappa shape index (κ3) is 3.53. The summed E-state index contributed by atoms with van der Waals surface area (Å²) >= 11 is 0. The van der Waals surface area contributed by atoms with E-state index in [1.807, 2.05) is 6.07 Å². The molecule has 1 aliphatic carbocycles. The molecule has 2 aromatic carbocycles. The zero-order chi connectivity index (χ0) is 18.6. The fraction of sp³-hybridized carbons (Fsp3) is 0.500. The van der Waals surface area contributed by atoms with Gasteiger partial charge >= 0.3 is 0 Å². The molecular weight excluding hydrogens is 320 g/mol. The van der Waals surface area contributed by atoms with Crippen molar-refractivity contribution >= 4 is 0 Å². The fourth-order valence-corrected chi connectivity index (χ4v) is 4.66. The SMILES string of the molecule is CCCC[C@]1(CC)CCc2ccc(OC)cc2[C@H](c2ccccc2)[C@@H]1O. The van der Waals surface area contributed by atoms with E-state index in [1.165, 1.54) is 29.5 Å². The molecule has 1 N–H and O–H groups in total. The Balaban J connectivity index is 2.13. The van der Waals surface area contributed by atoms with E-state index >= 15 is 0 Å². The minimum absolute atomic E-state index is 0.000561. The molecule has 1 aliphatic rings. The third-order valence-corrected chi connectivity index (χ3v) is 6.41. The molecule has 3 atom stereocenters. The Labute approximate surface area is 158 Å². The first-order chi connectivity index (χ1) is 12.6. The molecule has 0 aliphatic heterocycles. The lowest BCUT2D eigenvalue weighted by Gasteiger charge is -2.40. The molecular formula is C24H32O2. The number of benzene rings is 2. The topological polar surface area (TPSA) is 29.5 Å². The van der Waals surface area contributed by atoms with Crippen molar-refractivity contribution < 1.29 is 9.84 Å². The molecule has 2 nitrogen and oxygen atoms in total. The van der Waals surface area contributed by atoms with Crippen molar-refractivity contribution in [3.63, 3.8) is 0 Å². The number of fused-ring (bicyclic) bond motifs is 1. The molecule has 140 valence electrons. The Hall–Kier alpha value is -1.80. The average Bonchev–Trinajstić information content (AvgIpc) is 2.81. The maximum absolute atomic E-state index is 11.7. The highest BCUT2D eigenvalue weighted by Crippen LogP contribution is 2.49. The van der Waals surface area contributed by atoms with Gasteiger partial charge in [-0.2, -0.15) is 0 Å². The molecule has 26 heavy (non-hydrogen) atoms. The summed E-state index contributed by atoms with van der Waals surface area (Å²) in [6.07, 6.45) is 6.15. The lowest BCUT2D eigenvalue weighted by molar-refractivity contribution is -0.00157. The van der Waals surface area contributed by atoms with Crippen molar-refractivity contribution in [3.8, 4) is 5.75 Å². The van der Waals surface area contributed by atoms with Crippen LogP contribution in [-0.2, 0) is 6.42 Å². The quantitative estimate of drug-likeness (QED) is 0.674. The smallest absolute Gasteiger partial charge is 0.119 e. The van der Waals surface area contributed by atoms with Gasteiger partial charge in [0, 0.05) is 5.92 Å². The Morgan fingerprint density at radius 1 is 1.12 bits per heavy atom. The zero-order valence-corrected chi connectivity index (χ0v) is 16.4. The highest BCUT2D eigenvalue weighted by Gasteiger charge is 2.43. The van der Waals surface area contributed by atoms with Crippen molar-refractivity contribution in [2.45, 2.75) is 64.4 Å². The Kier molecular flexibility index (Phi) is 6.03. The summed E-state index contributed by atoms with van der Waals surface area (Å²) in [5, 5.41) is 11.7. The molecule has 0 fully saturated rings. The van der Waals surface area contributed by atoms with Crippen LogP contribution in [0.1, 0.15) is 68.6 Å². The van der Waals surface area contributed by atoms with Crippen LogP contribution in [-0.4, -0.2) is 18.3 Å². The predicted octanol–water partition coefficient (Wildman–Crippen LogP) is 5.72. The molecule has 0 heterocycles. The van der Waals surface area contributed by atoms with Crippen LogP contribution in [0.5, 0.6) is 5.75 Å². The van der Waals surface area contributed by atoms with Crippen LogP contribution in [0.15, 0.2) is 48.5 Å². The number of ether oxygens (including phenoxy) is 1. The molecule has 2 aromatic rings. The summed E-state index contributed by atoms with van der Waals surface area (Å²) in [7, 11) is 1.71. The number of hydrogen-bond donors (Lipinski definition) is 1. The second-order valence-electron chi connectivity index (χ2n) is 7.72. The Morgan fingerprint density at radius 3 is 2.54 bits per heavy atom. The van der Waals surface area contributed by atoms with E-state index in [2.05, 4.69) is 56.3 Å². The number of methoxy groups -OCH3 is 1. The normalized spacial score (nSPS) is 25.4. The van der Waals surface area contributed by atoms with Crippen molar-refractivity contribution in [1.29, 1.82) is 0 Å². The van der Waals surface area contributed by atoms with E-state index in [4.69, 9.17) is 4.74 Å². The largest absolute Gasteiger partial charge is 0.497 e. The maximum Gasteiger partial charge on any atom is 0.119 e. The van der Waals surface area contributed by atoms with E-state index in [0.29, 0.717) is 0 Å². The van der Waals surface area contributed by atoms with Gasteiger partial charge in [0.1, 0.15) is 5.75 Å². The summed E-state index contributed by atoms with van der Waals surface area (Å²) < 4.78 is 5.50. The predicted molar refractivity (Wildman–Crippen MR) is 108 cm³/mol. The van der Waals surface area contributed by atoms with Gasteiger partial charge in [-0.3, -0.25) is 0 Å². The van der Waals surface area contributed by atoms with Gasteiger partial charge in [0.25, 0.3) is 0 Å². The van der Waals surface area contributed by atoms with Crippen molar-refractivity contribution in [1.82, 2.24) is 0 Å². The lowest BCUT2D eigenvalue weighted by atomic mass is 9.67. The van der Waals surface area contributed by atoms with Gasteiger partial charge in [-0.05, 0) is 59.9 Å².